The minimum atomic E-state index is -0.309. The van der Waals surface area contributed by atoms with E-state index in [9.17, 15) is 4.79 Å². The van der Waals surface area contributed by atoms with E-state index in [1.165, 1.54) is 38.2 Å². The highest BCUT2D eigenvalue weighted by molar-refractivity contribution is 7.80. The zero-order valence-electron chi connectivity index (χ0n) is 11.0. The Labute approximate surface area is 114 Å². The molecule has 18 heavy (non-hydrogen) atoms. The maximum absolute atomic E-state index is 10.8. The van der Waals surface area contributed by atoms with Crippen molar-refractivity contribution in [1.29, 1.82) is 0 Å². The standard InChI is InChI=1S/C13H22N2O2S/c1-2-3-4-5-6-7-8-14-13(18)15-11-9-12(16)17-10-11/h9H,2-8,10H2,1H3,(H2,14,15,18). The summed E-state index contributed by atoms with van der Waals surface area (Å²) in [6, 6.07) is 0. The SMILES string of the molecule is CCCCCCCCNC(=S)NC1=CC(=O)OC1. The number of nitrogens with one attached hydrogen (secondary N) is 2. The van der Waals surface area contributed by atoms with E-state index in [4.69, 9.17) is 17.0 Å². The molecule has 2 N–H and O–H groups in total. The highest BCUT2D eigenvalue weighted by Crippen LogP contribution is 2.04. The third-order valence-corrected chi connectivity index (χ3v) is 3.00. The summed E-state index contributed by atoms with van der Waals surface area (Å²) in [5, 5.41) is 6.65. The van der Waals surface area contributed by atoms with Crippen LogP contribution in [-0.2, 0) is 9.53 Å². The maximum atomic E-state index is 10.8. The maximum Gasteiger partial charge on any atom is 0.333 e. The highest BCUT2D eigenvalue weighted by atomic mass is 32.1. The van der Waals surface area contributed by atoms with Crippen molar-refractivity contribution in [1.82, 2.24) is 10.6 Å². The molecule has 0 aromatic rings. The van der Waals surface area contributed by atoms with E-state index in [0.29, 0.717) is 5.11 Å². The summed E-state index contributed by atoms with van der Waals surface area (Å²) < 4.78 is 4.77. The quantitative estimate of drug-likeness (QED) is 0.402. The molecule has 0 unspecified atom stereocenters. The Morgan fingerprint density at radius 2 is 2.06 bits per heavy atom. The van der Waals surface area contributed by atoms with Crippen LogP contribution in [0.3, 0.4) is 0 Å². The summed E-state index contributed by atoms with van der Waals surface area (Å²) in [7, 11) is 0. The molecule has 0 aromatic carbocycles. The van der Waals surface area contributed by atoms with Crippen LogP contribution in [0, 0.1) is 0 Å². The van der Waals surface area contributed by atoms with Crippen molar-refractivity contribution in [3.8, 4) is 0 Å². The Balaban J connectivity index is 1.97. The largest absolute Gasteiger partial charge is 0.456 e. The second kappa shape index (κ2) is 8.91. The summed E-state index contributed by atoms with van der Waals surface area (Å²) in [6.45, 7) is 3.38. The third kappa shape index (κ3) is 6.59. The summed E-state index contributed by atoms with van der Waals surface area (Å²) in [6.07, 6.45) is 9.02. The molecule has 0 radical (unpaired) electrons. The van der Waals surface area contributed by atoms with Gasteiger partial charge in [-0.3, -0.25) is 0 Å². The minimum absolute atomic E-state index is 0.289. The van der Waals surface area contributed by atoms with Crippen LogP contribution in [0.25, 0.3) is 0 Å². The Morgan fingerprint density at radius 1 is 1.33 bits per heavy atom. The van der Waals surface area contributed by atoms with Crippen LogP contribution >= 0.6 is 12.2 Å². The van der Waals surface area contributed by atoms with Crippen LogP contribution in [-0.4, -0.2) is 24.2 Å². The van der Waals surface area contributed by atoms with Gasteiger partial charge in [0.25, 0.3) is 0 Å². The fourth-order valence-electron chi connectivity index (χ4n) is 1.74. The van der Waals surface area contributed by atoms with Gasteiger partial charge in [0.15, 0.2) is 5.11 Å². The van der Waals surface area contributed by atoms with E-state index in [1.807, 2.05) is 0 Å². The van der Waals surface area contributed by atoms with Gasteiger partial charge in [0.2, 0.25) is 0 Å². The summed E-state index contributed by atoms with van der Waals surface area (Å²) in [5.41, 5.74) is 0.723. The van der Waals surface area contributed by atoms with Crippen molar-refractivity contribution < 1.29 is 9.53 Å². The van der Waals surface area contributed by atoms with Crippen molar-refractivity contribution in [2.45, 2.75) is 45.4 Å². The predicted molar refractivity (Wildman–Crippen MR) is 76.2 cm³/mol. The molecular weight excluding hydrogens is 248 g/mol. The summed E-state index contributed by atoms with van der Waals surface area (Å²) >= 11 is 5.12. The molecule has 1 heterocycles. The smallest absolute Gasteiger partial charge is 0.333 e. The first kappa shape index (κ1) is 15.0. The molecule has 0 aromatic heterocycles. The average Bonchev–Trinajstić information content (AvgIpc) is 2.73. The Kier molecular flexibility index (Phi) is 7.41. The number of ether oxygens (including phenoxy) is 1. The van der Waals surface area contributed by atoms with Gasteiger partial charge >= 0.3 is 5.97 Å². The number of rotatable bonds is 8. The van der Waals surface area contributed by atoms with E-state index in [-0.39, 0.29) is 12.6 Å². The Bertz CT molecular complexity index is 316. The highest BCUT2D eigenvalue weighted by Gasteiger charge is 2.13. The van der Waals surface area contributed by atoms with Crippen LogP contribution in [0.2, 0.25) is 0 Å². The lowest BCUT2D eigenvalue weighted by atomic mass is 10.1. The summed E-state index contributed by atoms with van der Waals surface area (Å²) in [4.78, 5) is 10.8. The van der Waals surface area contributed by atoms with E-state index in [1.54, 1.807) is 0 Å². The molecule has 0 bridgehead atoms. The van der Waals surface area contributed by atoms with Gasteiger partial charge in [-0.1, -0.05) is 39.0 Å². The third-order valence-electron chi connectivity index (χ3n) is 2.75. The van der Waals surface area contributed by atoms with Gasteiger partial charge in [-0.15, -0.1) is 0 Å². The van der Waals surface area contributed by atoms with Gasteiger partial charge in [-0.05, 0) is 18.6 Å². The Hall–Kier alpha value is -1.10. The normalized spacial score (nSPS) is 14.1. The number of carbonyl (C=O) groups excluding carboxylic acids is 1. The molecule has 0 amide bonds. The fourth-order valence-corrected chi connectivity index (χ4v) is 1.98. The Morgan fingerprint density at radius 3 is 2.72 bits per heavy atom. The molecule has 102 valence electrons. The molecule has 0 saturated carbocycles. The van der Waals surface area contributed by atoms with Crippen LogP contribution in [0.15, 0.2) is 11.8 Å². The molecule has 4 nitrogen and oxygen atoms in total. The molecular formula is C13H22N2O2S. The topological polar surface area (TPSA) is 50.4 Å². The molecule has 5 heteroatoms. The lowest BCUT2D eigenvalue weighted by Gasteiger charge is -2.10. The van der Waals surface area contributed by atoms with Gasteiger partial charge in [0, 0.05) is 12.6 Å². The van der Waals surface area contributed by atoms with Crippen molar-refractivity contribution in [2.24, 2.45) is 0 Å². The van der Waals surface area contributed by atoms with Gasteiger partial charge < -0.3 is 15.4 Å². The van der Waals surface area contributed by atoms with Gasteiger partial charge in [-0.2, -0.15) is 0 Å². The number of hydrogen-bond acceptors (Lipinski definition) is 3. The monoisotopic (exact) mass is 270 g/mol. The number of cyclic esters (lactones) is 1. The van der Waals surface area contributed by atoms with Crippen molar-refractivity contribution >= 4 is 23.3 Å². The molecule has 1 aliphatic heterocycles. The lowest BCUT2D eigenvalue weighted by molar-refractivity contribution is -0.134. The number of carbonyl (C=O) groups is 1. The van der Waals surface area contributed by atoms with E-state index >= 15 is 0 Å². The van der Waals surface area contributed by atoms with Crippen LogP contribution < -0.4 is 10.6 Å². The molecule has 0 aliphatic carbocycles. The summed E-state index contributed by atoms with van der Waals surface area (Å²) in [5.74, 6) is -0.309. The van der Waals surface area contributed by atoms with Gasteiger partial charge in [0.05, 0.1) is 5.70 Å². The van der Waals surface area contributed by atoms with E-state index < -0.39 is 0 Å². The molecule has 1 rings (SSSR count). The van der Waals surface area contributed by atoms with Crippen LogP contribution in [0.4, 0.5) is 0 Å². The second-order valence-corrected chi connectivity index (χ2v) is 4.83. The average molecular weight is 270 g/mol. The molecule has 0 atom stereocenters. The number of esters is 1. The first-order valence-corrected chi connectivity index (χ1v) is 7.05. The van der Waals surface area contributed by atoms with Gasteiger partial charge in [-0.25, -0.2) is 4.79 Å². The molecule has 1 aliphatic rings. The number of hydrogen-bond donors (Lipinski definition) is 2. The minimum Gasteiger partial charge on any atom is -0.456 e. The first-order chi connectivity index (χ1) is 8.72. The second-order valence-electron chi connectivity index (χ2n) is 4.43. The number of unbranched alkanes of at least 4 members (excludes halogenated alkanes) is 5. The van der Waals surface area contributed by atoms with Crippen LogP contribution in [0.5, 0.6) is 0 Å². The zero-order valence-corrected chi connectivity index (χ0v) is 11.8. The first-order valence-electron chi connectivity index (χ1n) is 6.64. The lowest BCUT2D eigenvalue weighted by Crippen LogP contribution is -2.35. The van der Waals surface area contributed by atoms with E-state index in [0.717, 1.165) is 18.7 Å². The fraction of sp³-hybridized carbons (Fsp3) is 0.692. The number of thiocarbonyl (C=S) groups is 1. The molecule has 0 spiro atoms. The van der Waals surface area contributed by atoms with Gasteiger partial charge in [0.1, 0.15) is 6.61 Å². The van der Waals surface area contributed by atoms with Crippen molar-refractivity contribution in [3.05, 3.63) is 11.8 Å². The molecule has 0 fully saturated rings. The predicted octanol–water partition coefficient (Wildman–Crippen LogP) is 2.25. The zero-order chi connectivity index (χ0) is 13.2. The van der Waals surface area contributed by atoms with E-state index in [2.05, 4.69) is 17.6 Å². The molecule has 0 saturated heterocycles. The van der Waals surface area contributed by atoms with Crippen molar-refractivity contribution in [3.63, 3.8) is 0 Å². The van der Waals surface area contributed by atoms with Crippen LogP contribution in [0.1, 0.15) is 45.4 Å². The van der Waals surface area contributed by atoms with Crippen molar-refractivity contribution in [2.75, 3.05) is 13.2 Å².